The number of halogens is 2. The van der Waals surface area contributed by atoms with Gasteiger partial charge in [0.05, 0.1) is 25.4 Å². The van der Waals surface area contributed by atoms with Crippen molar-refractivity contribution in [2.45, 2.75) is 37.6 Å². The monoisotopic (exact) mass is 379 g/mol. The molecule has 0 amide bonds. The molecule has 27 heavy (non-hydrogen) atoms. The maximum Gasteiger partial charge on any atom is 0.123 e. The third-order valence-electron chi connectivity index (χ3n) is 4.51. The van der Waals surface area contributed by atoms with Crippen LogP contribution in [0.4, 0.5) is 8.78 Å². The van der Waals surface area contributed by atoms with E-state index < -0.39 is 24.4 Å². The molecule has 0 aliphatic carbocycles. The summed E-state index contributed by atoms with van der Waals surface area (Å²) < 4.78 is 37.8. The minimum Gasteiger partial charge on any atom is -0.388 e. The predicted octanol–water partition coefficient (Wildman–Crippen LogP) is 1.76. The van der Waals surface area contributed by atoms with E-state index in [1.165, 1.54) is 24.3 Å². The highest BCUT2D eigenvalue weighted by Gasteiger charge is 2.36. The predicted molar refractivity (Wildman–Crippen MR) is 94.8 cm³/mol. The summed E-state index contributed by atoms with van der Waals surface area (Å²) in [6.07, 6.45) is -3.70. The normalized spacial score (nSPS) is 25.9. The van der Waals surface area contributed by atoms with Gasteiger partial charge in [0.15, 0.2) is 0 Å². The average molecular weight is 379 g/mol. The summed E-state index contributed by atoms with van der Waals surface area (Å²) in [6.45, 7) is 0.853. The number of rotatable bonds is 6. The Hall–Kier alpha value is -1.90. The molecule has 0 unspecified atom stereocenters. The maximum atomic E-state index is 13.2. The zero-order valence-corrected chi connectivity index (χ0v) is 14.7. The van der Waals surface area contributed by atoms with Crippen LogP contribution in [0.25, 0.3) is 0 Å². The van der Waals surface area contributed by atoms with E-state index in [0.717, 1.165) is 0 Å². The Balaban J connectivity index is 1.55. The Labute approximate surface area is 156 Å². The molecule has 2 aromatic rings. The van der Waals surface area contributed by atoms with Gasteiger partial charge in [-0.25, -0.2) is 8.78 Å². The number of aliphatic hydroxyl groups is 2. The van der Waals surface area contributed by atoms with E-state index in [0.29, 0.717) is 24.2 Å². The first-order valence-corrected chi connectivity index (χ1v) is 8.82. The van der Waals surface area contributed by atoms with E-state index >= 15 is 0 Å². The van der Waals surface area contributed by atoms with Crippen LogP contribution in [0, 0.1) is 11.6 Å². The molecule has 0 spiro atoms. The van der Waals surface area contributed by atoms with Crippen molar-refractivity contribution in [1.82, 2.24) is 5.32 Å². The van der Waals surface area contributed by atoms with Crippen LogP contribution in [-0.4, -0.2) is 47.7 Å². The van der Waals surface area contributed by atoms with Gasteiger partial charge >= 0.3 is 0 Å². The highest BCUT2D eigenvalue weighted by atomic mass is 19.1. The van der Waals surface area contributed by atoms with Gasteiger partial charge in [-0.05, 0) is 35.4 Å². The van der Waals surface area contributed by atoms with Crippen LogP contribution >= 0.6 is 0 Å². The summed E-state index contributed by atoms with van der Waals surface area (Å²) in [5.74, 6) is -0.719. The second kappa shape index (κ2) is 9.34. The Morgan fingerprint density at radius 1 is 0.815 bits per heavy atom. The first-order chi connectivity index (χ1) is 13.0. The van der Waals surface area contributed by atoms with Gasteiger partial charge in [0.2, 0.25) is 0 Å². The van der Waals surface area contributed by atoms with E-state index in [1.807, 2.05) is 0 Å². The number of aliphatic hydroxyl groups excluding tert-OH is 2. The van der Waals surface area contributed by atoms with Crippen molar-refractivity contribution in [2.75, 3.05) is 13.1 Å². The highest BCUT2D eigenvalue weighted by Crippen LogP contribution is 2.17. The number of hydrogen-bond donors (Lipinski definition) is 3. The minimum atomic E-state index is -1.17. The van der Waals surface area contributed by atoms with Gasteiger partial charge < -0.3 is 25.0 Å². The van der Waals surface area contributed by atoms with E-state index in [4.69, 9.17) is 9.47 Å². The van der Waals surface area contributed by atoms with E-state index in [9.17, 15) is 19.0 Å². The molecule has 7 heteroatoms. The lowest BCUT2D eigenvalue weighted by atomic mass is 10.0. The minimum absolute atomic E-state index is 0.114. The first-order valence-electron chi connectivity index (χ1n) is 8.82. The lowest BCUT2D eigenvalue weighted by molar-refractivity contribution is -0.128. The Morgan fingerprint density at radius 3 is 1.67 bits per heavy atom. The molecular formula is C20H23F2NO4. The van der Waals surface area contributed by atoms with Gasteiger partial charge in [0.25, 0.3) is 0 Å². The van der Waals surface area contributed by atoms with Gasteiger partial charge in [-0.3, -0.25) is 0 Å². The first kappa shape index (κ1) is 19.9. The maximum absolute atomic E-state index is 13.2. The van der Waals surface area contributed by atoms with Crippen molar-refractivity contribution in [1.29, 1.82) is 0 Å². The average Bonchev–Trinajstić information content (AvgIpc) is 2.78. The molecule has 4 atom stereocenters. The third-order valence-corrected chi connectivity index (χ3v) is 4.51. The Kier molecular flexibility index (Phi) is 6.87. The van der Waals surface area contributed by atoms with Crippen LogP contribution in [0.3, 0.4) is 0 Å². The fourth-order valence-corrected chi connectivity index (χ4v) is 3.02. The smallest absolute Gasteiger partial charge is 0.123 e. The number of hydrogen-bond acceptors (Lipinski definition) is 5. The van der Waals surface area contributed by atoms with Crippen molar-refractivity contribution in [3.8, 4) is 0 Å². The van der Waals surface area contributed by atoms with Gasteiger partial charge in [0.1, 0.15) is 23.8 Å². The molecule has 146 valence electrons. The van der Waals surface area contributed by atoms with Crippen LogP contribution in [0.1, 0.15) is 11.1 Å². The van der Waals surface area contributed by atoms with Crippen molar-refractivity contribution in [3.63, 3.8) is 0 Å². The quantitative estimate of drug-likeness (QED) is 0.714. The van der Waals surface area contributed by atoms with Crippen molar-refractivity contribution in [2.24, 2.45) is 0 Å². The Morgan fingerprint density at radius 2 is 1.26 bits per heavy atom. The second-order valence-corrected chi connectivity index (χ2v) is 6.60. The fourth-order valence-electron chi connectivity index (χ4n) is 3.02. The molecule has 1 fully saturated rings. The van der Waals surface area contributed by atoms with E-state index in [1.54, 1.807) is 24.3 Å². The molecule has 2 aromatic carbocycles. The number of benzene rings is 2. The summed E-state index contributed by atoms with van der Waals surface area (Å²) in [5.41, 5.74) is 1.28. The molecule has 5 nitrogen and oxygen atoms in total. The molecule has 3 rings (SSSR count). The number of ether oxygens (including phenoxy) is 2. The van der Waals surface area contributed by atoms with Crippen LogP contribution < -0.4 is 5.32 Å². The topological polar surface area (TPSA) is 71.0 Å². The Bertz CT molecular complexity index is 684. The largest absolute Gasteiger partial charge is 0.388 e. The van der Waals surface area contributed by atoms with Crippen LogP contribution in [0.5, 0.6) is 0 Å². The molecule has 0 bridgehead atoms. The van der Waals surface area contributed by atoms with Gasteiger partial charge in [-0.2, -0.15) is 0 Å². The lowest BCUT2D eigenvalue weighted by Gasteiger charge is -2.27. The van der Waals surface area contributed by atoms with Crippen molar-refractivity contribution >= 4 is 0 Å². The van der Waals surface area contributed by atoms with E-state index in [2.05, 4.69) is 5.32 Å². The summed E-state index contributed by atoms with van der Waals surface area (Å²) in [5, 5.41) is 24.0. The van der Waals surface area contributed by atoms with Gasteiger partial charge in [0, 0.05) is 13.1 Å². The van der Waals surface area contributed by atoms with Gasteiger partial charge in [-0.15, -0.1) is 0 Å². The molecule has 1 saturated heterocycles. The van der Waals surface area contributed by atoms with Crippen LogP contribution in [0.2, 0.25) is 0 Å². The SMILES string of the molecule is O[C@@H]1[C@@H](O)[C@@H](OCc2cccc(F)c2)CNC[C@@H]1OCc1cccc(F)c1. The molecule has 1 aliphatic heterocycles. The number of nitrogens with one attached hydrogen (secondary N) is 1. The molecule has 0 saturated carbocycles. The lowest BCUT2D eigenvalue weighted by Crippen LogP contribution is -2.45. The zero-order chi connectivity index (χ0) is 19.2. The molecular weight excluding hydrogens is 356 g/mol. The fraction of sp³-hybridized carbons (Fsp3) is 0.400. The zero-order valence-electron chi connectivity index (χ0n) is 14.7. The molecule has 3 N–H and O–H groups in total. The van der Waals surface area contributed by atoms with Crippen molar-refractivity contribution in [3.05, 3.63) is 71.3 Å². The summed E-state index contributed by atoms with van der Waals surface area (Å²) >= 11 is 0. The molecule has 1 aliphatic rings. The third kappa shape index (κ3) is 5.54. The summed E-state index contributed by atoms with van der Waals surface area (Å²) in [7, 11) is 0. The molecule has 0 radical (unpaired) electrons. The van der Waals surface area contributed by atoms with E-state index in [-0.39, 0.29) is 24.8 Å². The standard InChI is InChI=1S/C20H23F2NO4/c21-15-5-1-3-13(7-15)11-26-17-9-23-10-18(20(25)19(17)24)27-12-14-4-2-6-16(22)8-14/h1-8,17-20,23-25H,9-12H2/t17-,18-,19-,20-/m0/s1. The van der Waals surface area contributed by atoms with Crippen LogP contribution in [0.15, 0.2) is 48.5 Å². The van der Waals surface area contributed by atoms with Crippen molar-refractivity contribution < 1.29 is 28.5 Å². The molecule has 0 aromatic heterocycles. The highest BCUT2D eigenvalue weighted by molar-refractivity contribution is 5.16. The molecule has 1 heterocycles. The summed E-state index contributed by atoms with van der Waals surface area (Å²) in [6, 6.07) is 12.0. The second-order valence-electron chi connectivity index (χ2n) is 6.60. The summed E-state index contributed by atoms with van der Waals surface area (Å²) in [4.78, 5) is 0. The van der Waals surface area contributed by atoms with Gasteiger partial charge in [-0.1, -0.05) is 24.3 Å². The van der Waals surface area contributed by atoms with Crippen LogP contribution in [-0.2, 0) is 22.7 Å².